The fourth-order valence-corrected chi connectivity index (χ4v) is 1.43. The molecule has 0 unspecified atom stereocenters. The van der Waals surface area contributed by atoms with Gasteiger partial charge in [0.15, 0.2) is 0 Å². The minimum absolute atomic E-state index is 0.251. The van der Waals surface area contributed by atoms with E-state index in [1.807, 2.05) is 13.0 Å². The van der Waals surface area contributed by atoms with Crippen LogP contribution < -0.4 is 11.1 Å². The van der Waals surface area contributed by atoms with Crippen LogP contribution in [0.2, 0.25) is 0 Å². The molecule has 4 nitrogen and oxygen atoms in total. The molecule has 1 heterocycles. The number of aryl methyl sites for hydroxylation is 1. The number of nitrogens with one attached hydrogen (secondary N) is 1. The molecule has 3 N–H and O–H groups in total. The number of benzene rings is 1. The third-order valence-corrected chi connectivity index (χ3v) is 2.36. The quantitative estimate of drug-likeness (QED) is 0.773. The van der Waals surface area contributed by atoms with Gasteiger partial charge in [0.1, 0.15) is 5.82 Å². The number of hydrogen-bond donors (Lipinski definition) is 2. The van der Waals surface area contributed by atoms with Crippen LogP contribution in [0.25, 0.3) is 0 Å². The summed E-state index contributed by atoms with van der Waals surface area (Å²) < 4.78 is 0. The standard InChI is InChI=1S/C13H13N3O/c1-9-6-7-12(15-8-9)16-13(17)10-4-2-3-5-11(10)14/h2-8H,14H2,1H3,(H,15,16,17). The van der Waals surface area contributed by atoms with Crippen LogP contribution >= 0.6 is 0 Å². The number of para-hydroxylation sites is 1. The maximum Gasteiger partial charge on any atom is 0.258 e. The fourth-order valence-electron chi connectivity index (χ4n) is 1.43. The summed E-state index contributed by atoms with van der Waals surface area (Å²) in [6.07, 6.45) is 1.70. The summed E-state index contributed by atoms with van der Waals surface area (Å²) in [5, 5.41) is 2.70. The lowest BCUT2D eigenvalue weighted by Crippen LogP contribution is -2.14. The van der Waals surface area contributed by atoms with Crippen molar-refractivity contribution >= 4 is 17.4 Å². The monoisotopic (exact) mass is 227 g/mol. The highest BCUT2D eigenvalue weighted by Gasteiger charge is 2.09. The Labute approximate surface area is 99.5 Å². The first-order valence-corrected chi connectivity index (χ1v) is 5.25. The highest BCUT2D eigenvalue weighted by molar-refractivity contribution is 6.07. The first-order chi connectivity index (χ1) is 8.16. The Hall–Kier alpha value is -2.36. The van der Waals surface area contributed by atoms with Gasteiger partial charge in [-0.25, -0.2) is 4.98 Å². The van der Waals surface area contributed by atoms with Gasteiger partial charge >= 0.3 is 0 Å². The van der Waals surface area contributed by atoms with Crippen molar-refractivity contribution < 1.29 is 4.79 Å². The number of aromatic nitrogens is 1. The van der Waals surface area contributed by atoms with Crippen LogP contribution in [0.1, 0.15) is 15.9 Å². The number of carbonyl (C=O) groups excluding carboxylic acids is 1. The predicted molar refractivity (Wildman–Crippen MR) is 67.8 cm³/mol. The molecule has 1 aromatic carbocycles. The van der Waals surface area contributed by atoms with Crippen LogP contribution in [0.15, 0.2) is 42.6 Å². The molecular formula is C13H13N3O. The number of nitrogen functional groups attached to an aromatic ring is 1. The van der Waals surface area contributed by atoms with Crippen LogP contribution in [-0.2, 0) is 0 Å². The summed E-state index contributed by atoms with van der Waals surface area (Å²) in [6.45, 7) is 1.94. The van der Waals surface area contributed by atoms with E-state index in [4.69, 9.17) is 5.73 Å². The number of anilines is 2. The topological polar surface area (TPSA) is 68.0 Å². The third-order valence-electron chi connectivity index (χ3n) is 2.36. The van der Waals surface area contributed by atoms with E-state index in [9.17, 15) is 4.79 Å². The second kappa shape index (κ2) is 4.65. The Balaban J connectivity index is 2.17. The van der Waals surface area contributed by atoms with Gasteiger partial charge in [-0.1, -0.05) is 18.2 Å². The van der Waals surface area contributed by atoms with E-state index in [1.165, 1.54) is 0 Å². The zero-order chi connectivity index (χ0) is 12.3. The summed E-state index contributed by atoms with van der Waals surface area (Å²) in [5.41, 5.74) is 7.67. The molecule has 0 saturated heterocycles. The second-order valence-corrected chi connectivity index (χ2v) is 3.76. The van der Waals surface area contributed by atoms with Gasteiger partial charge in [0, 0.05) is 11.9 Å². The molecule has 86 valence electrons. The fraction of sp³-hybridized carbons (Fsp3) is 0.0769. The number of pyridine rings is 1. The van der Waals surface area contributed by atoms with Crippen molar-refractivity contribution in [2.45, 2.75) is 6.92 Å². The lowest BCUT2D eigenvalue weighted by molar-refractivity contribution is 0.102. The van der Waals surface area contributed by atoms with E-state index >= 15 is 0 Å². The third kappa shape index (κ3) is 2.60. The van der Waals surface area contributed by atoms with Crippen molar-refractivity contribution in [3.8, 4) is 0 Å². The molecule has 1 amide bonds. The molecule has 0 fully saturated rings. The molecule has 2 rings (SSSR count). The van der Waals surface area contributed by atoms with Gasteiger partial charge in [0.05, 0.1) is 5.56 Å². The second-order valence-electron chi connectivity index (χ2n) is 3.76. The molecule has 0 spiro atoms. The zero-order valence-corrected chi connectivity index (χ0v) is 9.47. The first-order valence-electron chi connectivity index (χ1n) is 5.25. The van der Waals surface area contributed by atoms with Crippen molar-refractivity contribution in [2.24, 2.45) is 0 Å². The molecular weight excluding hydrogens is 214 g/mol. The highest BCUT2D eigenvalue weighted by atomic mass is 16.1. The van der Waals surface area contributed by atoms with Gasteiger partial charge in [-0.15, -0.1) is 0 Å². The summed E-state index contributed by atoms with van der Waals surface area (Å²) in [7, 11) is 0. The van der Waals surface area contributed by atoms with Gasteiger partial charge in [-0.3, -0.25) is 4.79 Å². The molecule has 17 heavy (non-hydrogen) atoms. The van der Waals surface area contributed by atoms with E-state index < -0.39 is 0 Å². The lowest BCUT2D eigenvalue weighted by Gasteiger charge is -2.06. The van der Waals surface area contributed by atoms with E-state index in [1.54, 1.807) is 36.5 Å². The van der Waals surface area contributed by atoms with Crippen LogP contribution in [0.5, 0.6) is 0 Å². The lowest BCUT2D eigenvalue weighted by atomic mass is 10.1. The maximum atomic E-state index is 11.9. The molecule has 0 aliphatic carbocycles. The van der Waals surface area contributed by atoms with Gasteiger partial charge in [-0.2, -0.15) is 0 Å². The van der Waals surface area contributed by atoms with Crippen LogP contribution in [0, 0.1) is 6.92 Å². The Morgan fingerprint density at radius 2 is 2.00 bits per heavy atom. The molecule has 0 saturated carbocycles. The van der Waals surface area contributed by atoms with Crippen LogP contribution in [0.4, 0.5) is 11.5 Å². The van der Waals surface area contributed by atoms with Gasteiger partial charge in [-0.05, 0) is 30.7 Å². The van der Waals surface area contributed by atoms with E-state index in [0.29, 0.717) is 17.1 Å². The SMILES string of the molecule is Cc1ccc(NC(=O)c2ccccc2N)nc1. The number of nitrogens with two attached hydrogens (primary N) is 1. The number of carbonyl (C=O) groups is 1. The van der Waals surface area contributed by atoms with E-state index in [2.05, 4.69) is 10.3 Å². The van der Waals surface area contributed by atoms with Crippen LogP contribution in [-0.4, -0.2) is 10.9 Å². The van der Waals surface area contributed by atoms with Crippen molar-refractivity contribution in [3.05, 3.63) is 53.7 Å². The van der Waals surface area contributed by atoms with Crippen molar-refractivity contribution in [1.82, 2.24) is 4.98 Å². The van der Waals surface area contributed by atoms with E-state index in [-0.39, 0.29) is 5.91 Å². The van der Waals surface area contributed by atoms with Crippen LogP contribution in [0.3, 0.4) is 0 Å². The van der Waals surface area contributed by atoms with E-state index in [0.717, 1.165) is 5.56 Å². The molecule has 0 atom stereocenters. The molecule has 1 aromatic heterocycles. The number of nitrogens with zero attached hydrogens (tertiary/aromatic N) is 1. The Morgan fingerprint density at radius 3 is 2.65 bits per heavy atom. The van der Waals surface area contributed by atoms with Crippen molar-refractivity contribution in [1.29, 1.82) is 0 Å². The average Bonchev–Trinajstić information content (AvgIpc) is 2.32. The minimum atomic E-state index is -0.251. The van der Waals surface area contributed by atoms with Gasteiger partial charge in [0.2, 0.25) is 0 Å². The summed E-state index contributed by atoms with van der Waals surface area (Å²) >= 11 is 0. The molecule has 4 heteroatoms. The normalized spacial score (nSPS) is 9.94. The summed E-state index contributed by atoms with van der Waals surface area (Å²) in [4.78, 5) is 16.0. The summed E-state index contributed by atoms with van der Waals surface area (Å²) in [5.74, 6) is 0.267. The Bertz CT molecular complexity index is 535. The smallest absolute Gasteiger partial charge is 0.258 e. The number of amides is 1. The first kappa shape index (κ1) is 11.1. The maximum absolute atomic E-state index is 11.9. The molecule has 0 aliphatic heterocycles. The van der Waals surface area contributed by atoms with Crippen molar-refractivity contribution in [2.75, 3.05) is 11.1 Å². The van der Waals surface area contributed by atoms with Gasteiger partial charge < -0.3 is 11.1 Å². The number of rotatable bonds is 2. The molecule has 0 bridgehead atoms. The molecule has 0 aliphatic rings. The van der Waals surface area contributed by atoms with Crippen molar-refractivity contribution in [3.63, 3.8) is 0 Å². The predicted octanol–water partition coefficient (Wildman–Crippen LogP) is 2.22. The van der Waals surface area contributed by atoms with Gasteiger partial charge in [0.25, 0.3) is 5.91 Å². The number of hydrogen-bond acceptors (Lipinski definition) is 3. The molecule has 2 aromatic rings. The largest absolute Gasteiger partial charge is 0.398 e. The highest BCUT2D eigenvalue weighted by Crippen LogP contribution is 2.13. The minimum Gasteiger partial charge on any atom is -0.398 e. The summed E-state index contributed by atoms with van der Waals surface area (Å²) in [6, 6.07) is 10.6. The average molecular weight is 227 g/mol. The zero-order valence-electron chi connectivity index (χ0n) is 9.47. The Kier molecular flexibility index (Phi) is 3.05. The molecule has 0 radical (unpaired) electrons. The Morgan fingerprint density at radius 1 is 1.24 bits per heavy atom.